The molecule has 3 nitrogen and oxygen atoms in total. The highest BCUT2D eigenvalue weighted by atomic mass is 19.1. The summed E-state index contributed by atoms with van der Waals surface area (Å²) in [5.74, 6) is -0.338. The lowest BCUT2D eigenvalue weighted by Crippen LogP contribution is -2.13. The van der Waals surface area contributed by atoms with E-state index < -0.39 is 0 Å². The first-order valence-electron chi connectivity index (χ1n) is 15.3. The number of furan rings is 2. The van der Waals surface area contributed by atoms with Gasteiger partial charge in [-0.3, -0.25) is 0 Å². The molecule has 2 heterocycles. The van der Waals surface area contributed by atoms with Crippen LogP contribution in [0.1, 0.15) is 0 Å². The molecule has 4 heteroatoms. The number of halogens is 1. The van der Waals surface area contributed by atoms with E-state index in [2.05, 4.69) is 30.3 Å². The minimum Gasteiger partial charge on any atom is -0.456 e. The summed E-state index contributed by atoms with van der Waals surface area (Å²) in [5.41, 5.74) is 8.51. The Kier molecular flexibility index (Phi) is 6.00. The zero-order valence-corrected chi connectivity index (χ0v) is 24.7. The summed E-state index contributed by atoms with van der Waals surface area (Å²) in [6, 6.07) is 51.8. The highest BCUT2D eigenvalue weighted by Gasteiger charge is 2.24. The van der Waals surface area contributed by atoms with Crippen molar-refractivity contribution in [2.75, 3.05) is 4.90 Å². The summed E-state index contributed by atoms with van der Waals surface area (Å²) < 4.78 is 29.6. The van der Waals surface area contributed by atoms with Gasteiger partial charge < -0.3 is 13.7 Å². The van der Waals surface area contributed by atoms with Gasteiger partial charge in [-0.05, 0) is 65.2 Å². The van der Waals surface area contributed by atoms with Crippen LogP contribution in [0.2, 0.25) is 0 Å². The van der Waals surface area contributed by atoms with Gasteiger partial charge in [0.05, 0.1) is 17.1 Å². The van der Waals surface area contributed by atoms with Gasteiger partial charge in [0.2, 0.25) is 0 Å². The minimum absolute atomic E-state index is 0.338. The summed E-state index contributed by atoms with van der Waals surface area (Å²) >= 11 is 0. The van der Waals surface area contributed by atoms with E-state index in [-0.39, 0.29) is 5.82 Å². The first-order valence-corrected chi connectivity index (χ1v) is 15.3. The number of anilines is 3. The van der Waals surface area contributed by atoms with Gasteiger partial charge in [-0.2, -0.15) is 0 Å². The molecular formula is C42H26FNO2. The number of rotatable bonds is 5. The van der Waals surface area contributed by atoms with Crippen molar-refractivity contribution in [2.24, 2.45) is 0 Å². The zero-order valence-electron chi connectivity index (χ0n) is 24.7. The van der Waals surface area contributed by atoms with Crippen LogP contribution in [0.25, 0.3) is 66.1 Å². The summed E-state index contributed by atoms with van der Waals surface area (Å²) in [5, 5.41) is 4.11. The molecule has 9 rings (SSSR count). The Hall–Kier alpha value is -6.13. The van der Waals surface area contributed by atoms with E-state index in [4.69, 9.17) is 8.83 Å². The van der Waals surface area contributed by atoms with Crippen LogP contribution >= 0.6 is 0 Å². The normalized spacial score (nSPS) is 11.6. The lowest BCUT2D eigenvalue weighted by Gasteiger charge is -2.29. The second kappa shape index (κ2) is 10.5. The molecule has 0 fully saturated rings. The molecule has 0 amide bonds. The van der Waals surface area contributed by atoms with Crippen molar-refractivity contribution < 1.29 is 13.2 Å². The first kappa shape index (κ1) is 26.3. The summed E-state index contributed by atoms with van der Waals surface area (Å²) in [6.45, 7) is 0. The standard InChI is InChI=1S/C42H26FNO2/c43-37-24-29(27-11-3-1-4-12-27)23-36(28-13-5-2-6-14-28)42(37)44(30-19-21-34-32-15-7-9-17-38(32)45-40(34)25-30)31-20-22-35-33-16-8-10-18-39(33)46-41(35)26-31/h1-26H. The van der Waals surface area contributed by atoms with Crippen LogP contribution in [-0.4, -0.2) is 0 Å². The summed E-state index contributed by atoms with van der Waals surface area (Å²) in [7, 11) is 0. The molecule has 0 aliphatic rings. The van der Waals surface area contributed by atoms with E-state index in [1.807, 2.05) is 126 Å². The summed E-state index contributed by atoms with van der Waals surface area (Å²) in [6.07, 6.45) is 0. The lowest BCUT2D eigenvalue weighted by molar-refractivity contribution is 0.629. The monoisotopic (exact) mass is 595 g/mol. The van der Waals surface area contributed by atoms with Crippen LogP contribution in [-0.2, 0) is 0 Å². The smallest absolute Gasteiger partial charge is 0.148 e. The van der Waals surface area contributed by atoms with Crippen molar-refractivity contribution >= 4 is 60.9 Å². The molecule has 0 unspecified atom stereocenters. The molecule has 0 bridgehead atoms. The zero-order chi connectivity index (χ0) is 30.6. The largest absolute Gasteiger partial charge is 0.456 e. The molecule has 9 aromatic rings. The molecular weight excluding hydrogens is 569 g/mol. The maximum absolute atomic E-state index is 17.0. The van der Waals surface area contributed by atoms with Crippen molar-refractivity contribution in [1.82, 2.24) is 0 Å². The van der Waals surface area contributed by atoms with Crippen LogP contribution in [0, 0.1) is 5.82 Å². The van der Waals surface area contributed by atoms with E-state index in [0.717, 1.165) is 77.5 Å². The van der Waals surface area contributed by atoms with Crippen molar-refractivity contribution in [3.63, 3.8) is 0 Å². The van der Waals surface area contributed by atoms with Crippen LogP contribution in [0.5, 0.6) is 0 Å². The molecule has 0 atom stereocenters. The van der Waals surface area contributed by atoms with E-state index >= 15 is 4.39 Å². The fraction of sp³-hybridized carbons (Fsp3) is 0. The van der Waals surface area contributed by atoms with Crippen molar-refractivity contribution in [3.05, 3.63) is 164 Å². The fourth-order valence-corrected chi connectivity index (χ4v) is 6.58. The van der Waals surface area contributed by atoms with Crippen LogP contribution < -0.4 is 4.90 Å². The molecule has 2 aromatic heterocycles. The predicted molar refractivity (Wildman–Crippen MR) is 187 cm³/mol. The Balaban J connectivity index is 1.33. The Labute approximate surface area is 264 Å². The molecule has 0 radical (unpaired) electrons. The number of para-hydroxylation sites is 2. The van der Waals surface area contributed by atoms with Crippen LogP contribution in [0.4, 0.5) is 21.5 Å². The highest BCUT2D eigenvalue weighted by molar-refractivity contribution is 6.08. The topological polar surface area (TPSA) is 29.5 Å². The quantitative estimate of drug-likeness (QED) is 0.198. The average molecular weight is 596 g/mol. The van der Waals surface area contributed by atoms with Gasteiger partial charge in [0.15, 0.2) is 0 Å². The van der Waals surface area contributed by atoms with Gasteiger partial charge >= 0.3 is 0 Å². The van der Waals surface area contributed by atoms with E-state index in [0.29, 0.717) is 5.69 Å². The molecule has 0 saturated heterocycles. The predicted octanol–water partition coefficient (Wildman–Crippen LogP) is 12.4. The number of fused-ring (bicyclic) bond motifs is 6. The molecule has 0 aliphatic carbocycles. The average Bonchev–Trinajstić information content (AvgIpc) is 3.67. The molecule has 0 spiro atoms. The third-order valence-corrected chi connectivity index (χ3v) is 8.72. The number of nitrogens with zero attached hydrogens (tertiary/aromatic N) is 1. The van der Waals surface area contributed by atoms with Gasteiger partial charge in [0.1, 0.15) is 28.1 Å². The van der Waals surface area contributed by atoms with Gasteiger partial charge in [0.25, 0.3) is 0 Å². The Morgan fingerprint density at radius 3 is 1.43 bits per heavy atom. The summed E-state index contributed by atoms with van der Waals surface area (Å²) in [4.78, 5) is 1.98. The van der Waals surface area contributed by atoms with Gasteiger partial charge in [-0.15, -0.1) is 0 Å². The molecule has 0 saturated carbocycles. The van der Waals surface area contributed by atoms with E-state index in [1.54, 1.807) is 6.07 Å². The Bertz CT molecular complexity index is 2430. The molecule has 7 aromatic carbocycles. The van der Waals surface area contributed by atoms with Crippen molar-refractivity contribution in [1.29, 1.82) is 0 Å². The number of hydrogen-bond acceptors (Lipinski definition) is 3. The second-order valence-electron chi connectivity index (χ2n) is 11.5. The van der Waals surface area contributed by atoms with Crippen LogP contribution in [0.15, 0.2) is 167 Å². The fourth-order valence-electron chi connectivity index (χ4n) is 6.58. The molecule has 0 N–H and O–H groups in total. The molecule has 218 valence electrons. The molecule has 0 aliphatic heterocycles. The highest BCUT2D eigenvalue weighted by Crippen LogP contribution is 2.46. The van der Waals surface area contributed by atoms with E-state index in [1.165, 1.54) is 0 Å². The maximum Gasteiger partial charge on any atom is 0.148 e. The second-order valence-corrected chi connectivity index (χ2v) is 11.5. The molecule has 46 heavy (non-hydrogen) atoms. The number of hydrogen-bond donors (Lipinski definition) is 0. The van der Waals surface area contributed by atoms with Gasteiger partial charge in [-0.25, -0.2) is 4.39 Å². The van der Waals surface area contributed by atoms with Crippen molar-refractivity contribution in [3.8, 4) is 22.3 Å². The maximum atomic E-state index is 17.0. The lowest BCUT2D eigenvalue weighted by atomic mass is 9.95. The third kappa shape index (κ3) is 4.26. The Morgan fingerprint density at radius 1 is 0.391 bits per heavy atom. The third-order valence-electron chi connectivity index (χ3n) is 8.72. The van der Waals surface area contributed by atoms with E-state index in [9.17, 15) is 0 Å². The van der Waals surface area contributed by atoms with Gasteiger partial charge in [0, 0.05) is 39.2 Å². The van der Waals surface area contributed by atoms with Gasteiger partial charge in [-0.1, -0.05) is 97.1 Å². The van der Waals surface area contributed by atoms with Crippen LogP contribution in [0.3, 0.4) is 0 Å². The number of benzene rings is 7. The SMILES string of the molecule is Fc1cc(-c2ccccc2)cc(-c2ccccc2)c1N(c1ccc2c(c1)oc1ccccc12)c1ccc2c(c1)oc1ccccc12. The first-order chi connectivity index (χ1) is 22.7. The van der Waals surface area contributed by atoms with Crippen molar-refractivity contribution in [2.45, 2.75) is 0 Å². The minimum atomic E-state index is -0.338. The Morgan fingerprint density at radius 2 is 0.870 bits per heavy atom.